The van der Waals surface area contributed by atoms with Crippen LogP contribution in [-0.2, 0) is 4.79 Å². The standard InChI is InChI=1S/C23H18BrN3O2/c24-18-10-12-19(13-11-18)27-14-4-7-20(27)15-25-26-23(28)16-29-22-9-3-6-17-5-1-2-8-21(17)22/h1-15H,16H2,(H,26,28). The molecule has 0 unspecified atom stereocenters. The molecule has 0 aliphatic heterocycles. The molecule has 5 nitrogen and oxygen atoms in total. The normalized spacial score (nSPS) is 11.1. The number of ether oxygens (including phenoxy) is 1. The van der Waals surface area contributed by atoms with Gasteiger partial charge in [0.05, 0.1) is 11.9 Å². The van der Waals surface area contributed by atoms with Gasteiger partial charge in [0.2, 0.25) is 0 Å². The van der Waals surface area contributed by atoms with Gasteiger partial charge in [0.15, 0.2) is 6.61 Å². The monoisotopic (exact) mass is 447 g/mol. The zero-order valence-electron chi connectivity index (χ0n) is 15.5. The lowest BCUT2D eigenvalue weighted by Crippen LogP contribution is -2.24. The van der Waals surface area contributed by atoms with Crippen molar-refractivity contribution in [1.82, 2.24) is 9.99 Å². The van der Waals surface area contributed by atoms with Gasteiger partial charge in [-0.3, -0.25) is 4.79 Å². The summed E-state index contributed by atoms with van der Waals surface area (Å²) in [5, 5.41) is 6.10. The highest BCUT2D eigenvalue weighted by Crippen LogP contribution is 2.24. The van der Waals surface area contributed by atoms with Crippen LogP contribution in [0.1, 0.15) is 5.69 Å². The van der Waals surface area contributed by atoms with E-state index in [0.29, 0.717) is 5.75 Å². The molecule has 0 fully saturated rings. The first-order valence-corrected chi connectivity index (χ1v) is 9.86. The number of nitrogens with one attached hydrogen (secondary N) is 1. The van der Waals surface area contributed by atoms with E-state index in [2.05, 4.69) is 26.5 Å². The van der Waals surface area contributed by atoms with Crippen molar-refractivity contribution in [3.05, 3.63) is 95.2 Å². The predicted molar refractivity (Wildman–Crippen MR) is 119 cm³/mol. The first-order chi connectivity index (χ1) is 14.2. The van der Waals surface area contributed by atoms with Gasteiger partial charge >= 0.3 is 0 Å². The Labute approximate surface area is 176 Å². The van der Waals surface area contributed by atoms with Gasteiger partial charge in [-0.25, -0.2) is 5.43 Å². The van der Waals surface area contributed by atoms with Crippen LogP contribution in [0.2, 0.25) is 0 Å². The van der Waals surface area contributed by atoms with Gasteiger partial charge in [-0.1, -0.05) is 52.3 Å². The molecular weight excluding hydrogens is 430 g/mol. The van der Waals surface area contributed by atoms with Gasteiger partial charge in [-0.05, 0) is 47.9 Å². The summed E-state index contributed by atoms with van der Waals surface area (Å²) >= 11 is 3.43. The lowest BCUT2D eigenvalue weighted by atomic mass is 10.1. The van der Waals surface area contributed by atoms with E-state index in [9.17, 15) is 4.79 Å². The third-order valence-corrected chi connectivity index (χ3v) is 4.91. The number of benzene rings is 3. The summed E-state index contributed by atoms with van der Waals surface area (Å²) in [6.07, 6.45) is 3.55. The first-order valence-electron chi connectivity index (χ1n) is 9.06. The topological polar surface area (TPSA) is 55.6 Å². The molecule has 6 heteroatoms. The summed E-state index contributed by atoms with van der Waals surface area (Å²) < 4.78 is 8.67. The zero-order valence-corrected chi connectivity index (χ0v) is 17.0. The van der Waals surface area contributed by atoms with Crippen LogP contribution in [0.4, 0.5) is 0 Å². The van der Waals surface area contributed by atoms with E-state index in [-0.39, 0.29) is 12.5 Å². The molecular formula is C23H18BrN3O2. The Kier molecular flexibility index (Phi) is 5.72. The van der Waals surface area contributed by atoms with E-state index in [1.807, 2.05) is 89.6 Å². The smallest absolute Gasteiger partial charge is 0.277 e. The van der Waals surface area contributed by atoms with Crippen molar-refractivity contribution >= 4 is 38.8 Å². The molecule has 0 spiro atoms. The highest BCUT2D eigenvalue weighted by Gasteiger charge is 2.05. The molecule has 4 rings (SSSR count). The van der Waals surface area contributed by atoms with E-state index in [4.69, 9.17) is 4.74 Å². The molecule has 0 aliphatic carbocycles. The minimum atomic E-state index is -0.323. The van der Waals surface area contributed by atoms with Crippen molar-refractivity contribution < 1.29 is 9.53 Å². The Bertz CT molecular complexity index is 1160. The molecule has 29 heavy (non-hydrogen) atoms. The molecule has 1 N–H and O–H groups in total. The second-order valence-electron chi connectivity index (χ2n) is 6.34. The number of halogens is 1. The van der Waals surface area contributed by atoms with Gasteiger partial charge in [-0.15, -0.1) is 0 Å². The Balaban J connectivity index is 1.37. The predicted octanol–water partition coefficient (Wildman–Crippen LogP) is 4.92. The molecule has 1 aromatic heterocycles. The average Bonchev–Trinajstić information content (AvgIpc) is 3.21. The average molecular weight is 448 g/mol. The fraction of sp³-hybridized carbons (Fsp3) is 0.0435. The molecule has 0 atom stereocenters. The van der Waals surface area contributed by atoms with Gasteiger partial charge in [-0.2, -0.15) is 5.10 Å². The zero-order chi connectivity index (χ0) is 20.1. The molecule has 4 aromatic rings. The van der Waals surface area contributed by atoms with Crippen LogP contribution in [0.3, 0.4) is 0 Å². The molecule has 0 saturated heterocycles. The van der Waals surface area contributed by atoms with Crippen LogP contribution in [0.5, 0.6) is 5.75 Å². The Hall–Kier alpha value is -3.38. The number of hydrogen-bond acceptors (Lipinski definition) is 3. The van der Waals surface area contributed by atoms with Crippen molar-refractivity contribution in [3.8, 4) is 11.4 Å². The Morgan fingerprint density at radius 2 is 1.79 bits per heavy atom. The van der Waals surface area contributed by atoms with Crippen molar-refractivity contribution in [3.63, 3.8) is 0 Å². The number of aromatic nitrogens is 1. The summed E-state index contributed by atoms with van der Waals surface area (Å²) in [7, 11) is 0. The largest absolute Gasteiger partial charge is 0.483 e. The lowest BCUT2D eigenvalue weighted by molar-refractivity contribution is -0.123. The Morgan fingerprint density at radius 1 is 1.00 bits per heavy atom. The maximum Gasteiger partial charge on any atom is 0.277 e. The second-order valence-corrected chi connectivity index (χ2v) is 7.25. The number of fused-ring (bicyclic) bond motifs is 1. The Morgan fingerprint density at radius 3 is 2.66 bits per heavy atom. The second kappa shape index (κ2) is 8.75. The summed E-state index contributed by atoms with van der Waals surface area (Å²) in [5.41, 5.74) is 4.37. The third kappa shape index (κ3) is 4.55. The molecule has 0 radical (unpaired) electrons. The maximum absolute atomic E-state index is 12.1. The molecule has 1 heterocycles. The minimum Gasteiger partial charge on any atom is -0.483 e. The quantitative estimate of drug-likeness (QED) is 0.336. The van der Waals surface area contributed by atoms with Gasteiger partial charge in [0.25, 0.3) is 5.91 Å². The van der Waals surface area contributed by atoms with Crippen LogP contribution in [-0.4, -0.2) is 23.3 Å². The van der Waals surface area contributed by atoms with Crippen LogP contribution in [0.15, 0.2) is 94.6 Å². The number of hydrazone groups is 1. The van der Waals surface area contributed by atoms with Crippen LogP contribution < -0.4 is 10.2 Å². The van der Waals surface area contributed by atoms with E-state index >= 15 is 0 Å². The minimum absolute atomic E-state index is 0.112. The van der Waals surface area contributed by atoms with Crippen molar-refractivity contribution in [2.75, 3.05) is 6.61 Å². The number of carbonyl (C=O) groups excluding carboxylic acids is 1. The van der Waals surface area contributed by atoms with Crippen molar-refractivity contribution in [2.24, 2.45) is 5.10 Å². The number of nitrogens with zero attached hydrogens (tertiary/aromatic N) is 2. The van der Waals surface area contributed by atoms with Crippen LogP contribution in [0, 0.1) is 0 Å². The van der Waals surface area contributed by atoms with Gasteiger partial charge < -0.3 is 9.30 Å². The number of amides is 1. The van der Waals surface area contributed by atoms with Gasteiger partial charge in [0.1, 0.15) is 5.75 Å². The molecule has 144 valence electrons. The molecule has 1 amide bonds. The fourth-order valence-corrected chi connectivity index (χ4v) is 3.27. The van der Waals surface area contributed by atoms with E-state index < -0.39 is 0 Å². The first kappa shape index (κ1) is 19.0. The summed E-state index contributed by atoms with van der Waals surface area (Å²) in [4.78, 5) is 12.1. The van der Waals surface area contributed by atoms with Crippen molar-refractivity contribution in [1.29, 1.82) is 0 Å². The number of carbonyl (C=O) groups is 1. The SMILES string of the molecule is O=C(COc1cccc2ccccc12)NN=Cc1cccn1-c1ccc(Br)cc1. The molecule has 3 aromatic carbocycles. The third-order valence-electron chi connectivity index (χ3n) is 4.38. The van der Waals surface area contributed by atoms with Crippen molar-refractivity contribution in [2.45, 2.75) is 0 Å². The molecule has 0 saturated carbocycles. The van der Waals surface area contributed by atoms with E-state index in [1.165, 1.54) is 0 Å². The van der Waals surface area contributed by atoms with Crippen LogP contribution in [0.25, 0.3) is 16.5 Å². The lowest BCUT2D eigenvalue weighted by Gasteiger charge is -2.08. The van der Waals surface area contributed by atoms with E-state index in [0.717, 1.165) is 26.6 Å². The van der Waals surface area contributed by atoms with Gasteiger partial charge in [0, 0.05) is 21.7 Å². The van der Waals surface area contributed by atoms with Crippen LogP contribution >= 0.6 is 15.9 Å². The molecule has 0 aliphatic rings. The summed E-state index contributed by atoms with van der Waals surface area (Å²) in [6.45, 7) is -0.112. The highest BCUT2D eigenvalue weighted by molar-refractivity contribution is 9.10. The maximum atomic E-state index is 12.1. The highest BCUT2D eigenvalue weighted by atomic mass is 79.9. The number of hydrogen-bond donors (Lipinski definition) is 1. The summed E-state index contributed by atoms with van der Waals surface area (Å²) in [5.74, 6) is 0.349. The van der Waals surface area contributed by atoms with E-state index in [1.54, 1.807) is 6.21 Å². The fourth-order valence-electron chi connectivity index (χ4n) is 3.00. The number of rotatable bonds is 6. The summed E-state index contributed by atoms with van der Waals surface area (Å²) in [6, 6.07) is 25.4. The molecule has 0 bridgehead atoms.